The standard InChI is InChI=1S/C26H21N5O2S/c32-25(27-14-13-19-24(29-16-28-19)20-12-7-15-34-20)22-21(17-8-3-1-4-9-17)23(30-31-26(22)33)18-10-5-2-6-11-18/h1-12,15-16H,13-14H2,(H,27,32)(H,28,29)(H,31,33). The van der Waals surface area contributed by atoms with E-state index in [-0.39, 0.29) is 5.56 Å². The smallest absolute Gasteiger partial charge is 0.277 e. The van der Waals surface area contributed by atoms with Gasteiger partial charge in [0.15, 0.2) is 0 Å². The molecule has 0 radical (unpaired) electrons. The molecule has 0 saturated heterocycles. The highest BCUT2D eigenvalue weighted by molar-refractivity contribution is 7.13. The third-order valence-corrected chi connectivity index (χ3v) is 6.33. The lowest BCUT2D eigenvalue weighted by Gasteiger charge is -2.14. The fourth-order valence-corrected chi connectivity index (χ4v) is 4.63. The number of rotatable bonds is 7. The number of amides is 1. The van der Waals surface area contributed by atoms with E-state index in [0.717, 1.165) is 27.4 Å². The molecule has 5 rings (SSSR count). The van der Waals surface area contributed by atoms with Crippen molar-refractivity contribution in [1.29, 1.82) is 0 Å². The molecule has 0 aliphatic rings. The summed E-state index contributed by atoms with van der Waals surface area (Å²) in [6.45, 7) is 0.343. The summed E-state index contributed by atoms with van der Waals surface area (Å²) in [4.78, 5) is 34.8. The van der Waals surface area contributed by atoms with Gasteiger partial charge in [-0.3, -0.25) is 9.59 Å². The quantitative estimate of drug-likeness (QED) is 0.327. The molecule has 34 heavy (non-hydrogen) atoms. The fourth-order valence-electron chi connectivity index (χ4n) is 3.88. The van der Waals surface area contributed by atoms with Crippen LogP contribution < -0.4 is 10.9 Å². The molecule has 8 heteroatoms. The summed E-state index contributed by atoms with van der Waals surface area (Å²) in [6.07, 6.45) is 2.20. The topological polar surface area (TPSA) is 104 Å². The van der Waals surface area contributed by atoms with Crippen molar-refractivity contribution in [1.82, 2.24) is 25.5 Å². The summed E-state index contributed by atoms with van der Waals surface area (Å²) in [7, 11) is 0. The summed E-state index contributed by atoms with van der Waals surface area (Å²) in [6, 6.07) is 22.9. The van der Waals surface area contributed by atoms with Gasteiger partial charge in [-0.1, -0.05) is 66.7 Å². The van der Waals surface area contributed by atoms with Crippen LogP contribution in [0.3, 0.4) is 0 Å². The van der Waals surface area contributed by atoms with Crippen molar-refractivity contribution in [2.75, 3.05) is 6.54 Å². The summed E-state index contributed by atoms with van der Waals surface area (Å²) in [5.41, 5.74) is 3.93. The van der Waals surface area contributed by atoms with Crippen LogP contribution in [0.25, 0.3) is 33.0 Å². The number of hydrogen-bond acceptors (Lipinski definition) is 5. The van der Waals surface area contributed by atoms with Gasteiger partial charge in [0.1, 0.15) is 11.3 Å². The van der Waals surface area contributed by atoms with Gasteiger partial charge in [-0.05, 0) is 17.0 Å². The van der Waals surface area contributed by atoms with E-state index in [1.54, 1.807) is 17.7 Å². The number of imidazole rings is 1. The normalized spacial score (nSPS) is 10.8. The van der Waals surface area contributed by atoms with Crippen molar-refractivity contribution in [3.63, 3.8) is 0 Å². The van der Waals surface area contributed by atoms with Gasteiger partial charge in [-0.15, -0.1) is 11.3 Å². The first-order chi connectivity index (χ1) is 16.7. The van der Waals surface area contributed by atoms with E-state index in [4.69, 9.17) is 0 Å². The van der Waals surface area contributed by atoms with Gasteiger partial charge in [0, 0.05) is 29.8 Å². The number of aromatic nitrogens is 4. The predicted molar refractivity (Wildman–Crippen MR) is 134 cm³/mol. The van der Waals surface area contributed by atoms with Crippen molar-refractivity contribution in [2.24, 2.45) is 0 Å². The van der Waals surface area contributed by atoms with Gasteiger partial charge in [-0.2, -0.15) is 5.10 Å². The molecule has 168 valence electrons. The van der Waals surface area contributed by atoms with Gasteiger partial charge in [0.25, 0.3) is 11.5 Å². The zero-order chi connectivity index (χ0) is 23.3. The van der Waals surface area contributed by atoms with Crippen LogP contribution in [0.2, 0.25) is 0 Å². The molecule has 0 fully saturated rings. The van der Waals surface area contributed by atoms with Crippen LogP contribution in [0.15, 0.2) is 89.3 Å². The number of H-pyrrole nitrogens is 2. The number of hydrogen-bond donors (Lipinski definition) is 3. The Morgan fingerprint density at radius 1 is 0.912 bits per heavy atom. The molecule has 3 aromatic heterocycles. The molecule has 0 saturated carbocycles. The van der Waals surface area contributed by atoms with E-state index < -0.39 is 11.5 Å². The SMILES string of the molecule is O=C(NCCc1[nH]cnc1-c1cccs1)c1c(-c2ccccc2)c(-c2ccccc2)n[nH]c1=O. The van der Waals surface area contributed by atoms with Gasteiger partial charge in [0.2, 0.25) is 0 Å². The zero-order valence-corrected chi connectivity index (χ0v) is 18.9. The molecule has 7 nitrogen and oxygen atoms in total. The molecule has 3 N–H and O–H groups in total. The second kappa shape index (κ2) is 9.68. The molecule has 0 unspecified atom stereocenters. The lowest BCUT2D eigenvalue weighted by atomic mass is 9.95. The second-order valence-electron chi connectivity index (χ2n) is 7.60. The molecule has 0 bridgehead atoms. The van der Waals surface area contributed by atoms with Crippen LogP contribution in [0.1, 0.15) is 16.1 Å². The van der Waals surface area contributed by atoms with E-state index in [0.29, 0.717) is 24.2 Å². The molecule has 0 spiro atoms. The van der Waals surface area contributed by atoms with E-state index >= 15 is 0 Å². The van der Waals surface area contributed by atoms with E-state index in [2.05, 4.69) is 25.5 Å². The monoisotopic (exact) mass is 467 g/mol. The molecule has 0 aliphatic carbocycles. The molecule has 0 aliphatic heterocycles. The maximum absolute atomic E-state index is 13.3. The highest BCUT2D eigenvalue weighted by Gasteiger charge is 2.23. The Morgan fingerprint density at radius 3 is 2.35 bits per heavy atom. The maximum atomic E-state index is 13.3. The number of nitrogens with one attached hydrogen (secondary N) is 3. The molecule has 1 amide bonds. The molecule has 2 aromatic carbocycles. The summed E-state index contributed by atoms with van der Waals surface area (Å²) < 4.78 is 0. The third-order valence-electron chi connectivity index (χ3n) is 5.45. The van der Waals surface area contributed by atoms with Crippen LogP contribution in [-0.2, 0) is 6.42 Å². The zero-order valence-electron chi connectivity index (χ0n) is 18.1. The minimum Gasteiger partial charge on any atom is -0.351 e. The Labute approximate surface area is 199 Å². The van der Waals surface area contributed by atoms with Crippen LogP contribution in [0, 0.1) is 0 Å². The molecular formula is C26H21N5O2S. The van der Waals surface area contributed by atoms with E-state index in [1.807, 2.05) is 78.2 Å². The lowest BCUT2D eigenvalue weighted by molar-refractivity contribution is 0.0953. The minimum absolute atomic E-state index is 0.0446. The average Bonchev–Trinajstić information content (AvgIpc) is 3.57. The number of thiophene rings is 1. The van der Waals surface area contributed by atoms with Crippen LogP contribution >= 0.6 is 11.3 Å². The lowest BCUT2D eigenvalue weighted by Crippen LogP contribution is -2.32. The first kappa shape index (κ1) is 21.5. The van der Waals surface area contributed by atoms with Crippen molar-refractivity contribution in [3.05, 3.63) is 106 Å². The van der Waals surface area contributed by atoms with E-state index in [9.17, 15) is 9.59 Å². The Balaban J connectivity index is 1.46. The number of nitrogens with zero attached hydrogens (tertiary/aromatic N) is 2. The molecular weight excluding hydrogens is 446 g/mol. The average molecular weight is 468 g/mol. The number of benzene rings is 2. The Hall–Kier alpha value is -4.30. The van der Waals surface area contributed by atoms with Crippen molar-refractivity contribution < 1.29 is 4.79 Å². The van der Waals surface area contributed by atoms with Crippen molar-refractivity contribution in [3.8, 4) is 33.0 Å². The van der Waals surface area contributed by atoms with Crippen LogP contribution in [0.5, 0.6) is 0 Å². The number of carbonyl (C=O) groups excluding carboxylic acids is 1. The summed E-state index contributed by atoms with van der Waals surface area (Å²) in [5.74, 6) is -0.447. The fraction of sp³-hybridized carbons (Fsp3) is 0.0769. The number of aromatic amines is 2. The Kier molecular flexibility index (Phi) is 6.13. The molecule has 5 aromatic rings. The summed E-state index contributed by atoms with van der Waals surface area (Å²) in [5, 5.41) is 11.7. The third kappa shape index (κ3) is 4.31. The predicted octanol–water partition coefficient (Wildman–Crippen LogP) is 4.53. The largest absolute Gasteiger partial charge is 0.351 e. The first-order valence-electron chi connectivity index (χ1n) is 10.8. The van der Waals surface area contributed by atoms with Crippen LogP contribution in [-0.4, -0.2) is 32.6 Å². The van der Waals surface area contributed by atoms with Gasteiger partial charge < -0.3 is 10.3 Å². The van der Waals surface area contributed by atoms with Crippen molar-refractivity contribution >= 4 is 17.2 Å². The molecule has 0 atom stereocenters. The number of carbonyl (C=O) groups is 1. The van der Waals surface area contributed by atoms with Gasteiger partial charge in [0.05, 0.1) is 16.9 Å². The highest BCUT2D eigenvalue weighted by atomic mass is 32.1. The molecule has 3 heterocycles. The summed E-state index contributed by atoms with van der Waals surface area (Å²) >= 11 is 1.61. The van der Waals surface area contributed by atoms with E-state index in [1.165, 1.54) is 0 Å². The second-order valence-corrected chi connectivity index (χ2v) is 8.54. The Bertz CT molecular complexity index is 1460. The first-order valence-corrected chi connectivity index (χ1v) is 11.7. The van der Waals surface area contributed by atoms with Gasteiger partial charge in [-0.25, -0.2) is 10.1 Å². The van der Waals surface area contributed by atoms with Crippen molar-refractivity contribution in [2.45, 2.75) is 6.42 Å². The van der Waals surface area contributed by atoms with Crippen LogP contribution in [0.4, 0.5) is 0 Å². The minimum atomic E-state index is -0.531. The van der Waals surface area contributed by atoms with Gasteiger partial charge >= 0.3 is 0 Å². The maximum Gasteiger partial charge on any atom is 0.277 e. The Morgan fingerprint density at radius 2 is 1.65 bits per heavy atom. The highest BCUT2D eigenvalue weighted by Crippen LogP contribution is 2.31.